The van der Waals surface area contributed by atoms with Crippen molar-refractivity contribution in [1.82, 2.24) is 0 Å². The third-order valence-corrected chi connectivity index (χ3v) is 2.58. The van der Waals surface area contributed by atoms with Gasteiger partial charge in [-0.05, 0) is 6.07 Å². The highest BCUT2D eigenvalue weighted by molar-refractivity contribution is 6.08. The van der Waals surface area contributed by atoms with E-state index in [0.29, 0.717) is 0 Å². The van der Waals surface area contributed by atoms with E-state index in [4.69, 9.17) is 5.73 Å². The molecule has 0 unspecified atom stereocenters. The van der Waals surface area contributed by atoms with E-state index >= 15 is 0 Å². The molecule has 0 aliphatic carbocycles. The summed E-state index contributed by atoms with van der Waals surface area (Å²) in [6.45, 7) is 0. The average Bonchev–Trinajstić information content (AvgIpc) is 2.68. The molecule has 1 aromatic carbocycles. The van der Waals surface area contributed by atoms with Crippen LogP contribution in [0.4, 0.5) is 5.69 Å². The molecular formula is C10H3NO6. The Morgan fingerprint density at radius 1 is 0.765 bits per heavy atom. The summed E-state index contributed by atoms with van der Waals surface area (Å²) in [6, 6.07) is 1.08. The molecule has 0 fully saturated rings. The molecule has 17 heavy (non-hydrogen) atoms. The van der Waals surface area contributed by atoms with Gasteiger partial charge in [0, 0.05) is 0 Å². The lowest BCUT2D eigenvalue weighted by Crippen LogP contribution is -2.01. The lowest BCUT2D eigenvalue weighted by molar-refractivity contribution is 0.499. The van der Waals surface area contributed by atoms with Crippen LogP contribution in [0, 0.1) is 0 Å². The van der Waals surface area contributed by atoms with E-state index in [9.17, 15) is 19.2 Å². The van der Waals surface area contributed by atoms with Crippen molar-refractivity contribution in [2.24, 2.45) is 0 Å². The van der Waals surface area contributed by atoms with E-state index < -0.39 is 22.5 Å². The molecule has 7 heteroatoms. The maximum atomic E-state index is 11.3. The largest absolute Gasteiger partial charge is 0.397 e. The second kappa shape index (κ2) is 2.70. The van der Waals surface area contributed by atoms with E-state index in [2.05, 4.69) is 8.83 Å². The average molecular weight is 233 g/mol. The Hall–Kier alpha value is -2.70. The van der Waals surface area contributed by atoms with Crippen molar-refractivity contribution in [3.8, 4) is 0 Å². The van der Waals surface area contributed by atoms with E-state index in [1.807, 2.05) is 0 Å². The fourth-order valence-corrected chi connectivity index (χ4v) is 1.85. The SMILES string of the molecule is Nc1c2c(=O)oc(=O)c2cc2c(=O)oc(=O)c12. The van der Waals surface area contributed by atoms with Gasteiger partial charge in [0.05, 0.1) is 27.2 Å². The van der Waals surface area contributed by atoms with Crippen molar-refractivity contribution in [1.29, 1.82) is 0 Å². The minimum atomic E-state index is -0.933. The molecule has 0 saturated heterocycles. The van der Waals surface area contributed by atoms with Crippen molar-refractivity contribution in [2.75, 3.05) is 5.73 Å². The third kappa shape index (κ3) is 0.996. The van der Waals surface area contributed by atoms with Crippen LogP contribution in [0.15, 0.2) is 34.1 Å². The van der Waals surface area contributed by atoms with Gasteiger partial charge < -0.3 is 14.6 Å². The van der Waals surface area contributed by atoms with E-state index in [1.54, 1.807) is 0 Å². The zero-order valence-corrected chi connectivity index (χ0v) is 8.10. The molecule has 0 spiro atoms. The number of anilines is 1. The number of nitrogen functional groups attached to an aromatic ring is 1. The van der Waals surface area contributed by atoms with Gasteiger partial charge in [0.15, 0.2) is 0 Å². The van der Waals surface area contributed by atoms with Crippen LogP contribution in [0.2, 0.25) is 0 Å². The molecule has 3 rings (SSSR count). The van der Waals surface area contributed by atoms with E-state index in [0.717, 1.165) is 6.07 Å². The standard InChI is InChI=1S/C10H3NO6/c11-6-4-2(7(12)16-9(4)14)1-3-5(6)10(15)17-8(3)13/h1H,11H2. The fraction of sp³-hybridized carbons (Fsp3) is 0. The lowest BCUT2D eigenvalue weighted by atomic mass is 10.1. The molecule has 0 aliphatic rings. The van der Waals surface area contributed by atoms with Crippen LogP contribution in [-0.2, 0) is 0 Å². The van der Waals surface area contributed by atoms with Crippen molar-refractivity contribution < 1.29 is 8.83 Å². The topological polar surface area (TPSA) is 121 Å². The lowest BCUT2D eigenvalue weighted by Gasteiger charge is -1.93. The fourth-order valence-electron chi connectivity index (χ4n) is 1.85. The van der Waals surface area contributed by atoms with Crippen molar-refractivity contribution in [2.45, 2.75) is 0 Å². The molecule has 0 radical (unpaired) electrons. The molecule has 0 amide bonds. The molecule has 2 N–H and O–H groups in total. The second-order valence-corrected chi connectivity index (χ2v) is 3.49. The Labute approximate surface area is 90.4 Å². The highest BCUT2D eigenvalue weighted by Crippen LogP contribution is 2.23. The van der Waals surface area contributed by atoms with Gasteiger partial charge in [0.25, 0.3) is 0 Å². The van der Waals surface area contributed by atoms with Gasteiger partial charge in [0.1, 0.15) is 0 Å². The number of benzene rings is 1. The summed E-state index contributed by atoms with van der Waals surface area (Å²) in [5.41, 5.74) is 1.67. The highest BCUT2D eigenvalue weighted by atomic mass is 16.4. The molecule has 0 bridgehead atoms. The quantitative estimate of drug-likeness (QED) is 0.498. The predicted octanol–water partition coefficient (Wildman–Crippen LogP) is -0.922. The Morgan fingerprint density at radius 3 is 1.59 bits per heavy atom. The maximum Gasteiger partial charge on any atom is 0.349 e. The van der Waals surface area contributed by atoms with Gasteiger partial charge in [-0.1, -0.05) is 0 Å². The first-order valence-corrected chi connectivity index (χ1v) is 4.50. The van der Waals surface area contributed by atoms with Crippen LogP contribution in [0.3, 0.4) is 0 Å². The van der Waals surface area contributed by atoms with Gasteiger partial charge in [-0.15, -0.1) is 0 Å². The first kappa shape index (κ1) is 9.52. The number of hydrogen-bond donors (Lipinski definition) is 1. The van der Waals surface area contributed by atoms with Crippen LogP contribution < -0.4 is 28.2 Å². The van der Waals surface area contributed by atoms with E-state index in [-0.39, 0.29) is 27.2 Å². The van der Waals surface area contributed by atoms with Crippen LogP contribution >= 0.6 is 0 Å². The molecule has 2 aromatic heterocycles. The Balaban J connectivity index is 2.87. The minimum Gasteiger partial charge on any atom is -0.397 e. The molecule has 0 saturated carbocycles. The molecular weight excluding hydrogens is 230 g/mol. The van der Waals surface area contributed by atoms with Crippen molar-refractivity contribution in [3.63, 3.8) is 0 Å². The molecule has 84 valence electrons. The number of rotatable bonds is 0. The summed E-state index contributed by atoms with van der Waals surface area (Å²) in [4.78, 5) is 45.2. The number of nitrogens with two attached hydrogens (primary N) is 1. The Morgan fingerprint density at radius 2 is 1.18 bits per heavy atom. The summed E-state index contributed by atoms with van der Waals surface area (Å²) >= 11 is 0. The monoisotopic (exact) mass is 233 g/mol. The number of furan rings is 2. The Bertz CT molecular complexity index is 890. The highest BCUT2D eigenvalue weighted by Gasteiger charge is 2.20. The molecule has 0 atom stereocenters. The van der Waals surface area contributed by atoms with Crippen molar-refractivity contribution in [3.05, 3.63) is 47.7 Å². The summed E-state index contributed by atoms with van der Waals surface area (Å²) in [5, 5.41) is -0.642. The van der Waals surface area contributed by atoms with Crippen LogP contribution in [0.5, 0.6) is 0 Å². The molecule has 2 heterocycles. The third-order valence-electron chi connectivity index (χ3n) is 2.58. The van der Waals surface area contributed by atoms with Crippen LogP contribution in [0.1, 0.15) is 0 Å². The molecule has 7 nitrogen and oxygen atoms in total. The molecule has 0 aliphatic heterocycles. The number of fused-ring (bicyclic) bond motifs is 2. The summed E-state index contributed by atoms with van der Waals surface area (Å²) < 4.78 is 8.68. The zero-order chi connectivity index (χ0) is 12.3. The van der Waals surface area contributed by atoms with Gasteiger partial charge in [-0.3, -0.25) is 0 Å². The van der Waals surface area contributed by atoms with Gasteiger partial charge in [0.2, 0.25) is 0 Å². The normalized spacial score (nSPS) is 11.5. The predicted molar refractivity (Wildman–Crippen MR) is 57.9 cm³/mol. The number of hydrogen-bond acceptors (Lipinski definition) is 7. The molecule has 3 aromatic rings. The first-order valence-electron chi connectivity index (χ1n) is 4.50. The van der Waals surface area contributed by atoms with Crippen LogP contribution in [-0.4, -0.2) is 0 Å². The smallest absolute Gasteiger partial charge is 0.349 e. The Kier molecular flexibility index (Phi) is 1.51. The first-order chi connectivity index (χ1) is 8.00. The van der Waals surface area contributed by atoms with Crippen molar-refractivity contribution >= 4 is 27.2 Å². The van der Waals surface area contributed by atoms with Gasteiger partial charge in [-0.25, -0.2) is 19.2 Å². The van der Waals surface area contributed by atoms with Crippen LogP contribution in [0.25, 0.3) is 21.5 Å². The minimum absolute atomic E-state index is 0.127. The summed E-state index contributed by atoms with van der Waals surface area (Å²) in [5.74, 6) is 0. The summed E-state index contributed by atoms with van der Waals surface area (Å²) in [7, 11) is 0. The van der Waals surface area contributed by atoms with E-state index in [1.165, 1.54) is 0 Å². The summed E-state index contributed by atoms with van der Waals surface area (Å²) in [6.07, 6.45) is 0. The maximum absolute atomic E-state index is 11.3. The van der Waals surface area contributed by atoms with Gasteiger partial charge in [-0.2, -0.15) is 0 Å². The zero-order valence-electron chi connectivity index (χ0n) is 8.10. The van der Waals surface area contributed by atoms with Gasteiger partial charge >= 0.3 is 22.5 Å². The second-order valence-electron chi connectivity index (χ2n) is 3.49.